The van der Waals surface area contributed by atoms with Crippen LogP contribution in [0.15, 0.2) is 0 Å². The van der Waals surface area contributed by atoms with Gasteiger partial charge in [0, 0.05) is 18.8 Å². The second-order valence-electron chi connectivity index (χ2n) is 4.58. The van der Waals surface area contributed by atoms with Crippen LogP contribution in [0, 0.1) is 17.4 Å². The number of nitrogens with one attached hydrogen (secondary N) is 1. The minimum Gasteiger partial charge on any atom is -0.376 e. The molecule has 100 valence electrons. The van der Waals surface area contributed by atoms with Gasteiger partial charge in [-0.15, -0.1) is 0 Å². The first-order chi connectivity index (χ1) is 8.58. The maximum absolute atomic E-state index is 11.8. The molecule has 2 heterocycles. The van der Waals surface area contributed by atoms with Gasteiger partial charge in [0.2, 0.25) is 5.91 Å². The summed E-state index contributed by atoms with van der Waals surface area (Å²) >= 11 is 2.25. The van der Waals surface area contributed by atoms with Gasteiger partial charge in [-0.25, -0.2) is 0 Å². The van der Waals surface area contributed by atoms with Crippen molar-refractivity contribution < 1.29 is 9.53 Å². The maximum Gasteiger partial charge on any atom is 0.241 e. The molecule has 2 rings (SSSR count). The predicted molar refractivity (Wildman–Crippen MR) is 76.4 cm³/mol. The Hall–Kier alpha value is -0.630. The largest absolute Gasteiger partial charge is 0.376 e. The van der Waals surface area contributed by atoms with Crippen molar-refractivity contribution in [3.8, 4) is 0 Å². The predicted octanol–water partition coefficient (Wildman–Crippen LogP) is 1.40. The monoisotopic (exact) mass is 363 g/mol. The summed E-state index contributed by atoms with van der Waals surface area (Å²) in [6, 6.07) is 0. The van der Waals surface area contributed by atoms with Crippen LogP contribution < -0.4 is 5.32 Å². The van der Waals surface area contributed by atoms with E-state index in [4.69, 9.17) is 4.74 Å². The molecule has 0 saturated carbocycles. The molecule has 18 heavy (non-hydrogen) atoms. The zero-order valence-corrected chi connectivity index (χ0v) is 12.9. The Morgan fingerprint density at radius 1 is 1.61 bits per heavy atom. The molecule has 5 nitrogen and oxygen atoms in total. The third kappa shape index (κ3) is 3.23. The first-order valence-corrected chi connectivity index (χ1v) is 7.23. The van der Waals surface area contributed by atoms with E-state index in [9.17, 15) is 4.79 Å². The van der Waals surface area contributed by atoms with Crippen LogP contribution >= 0.6 is 22.6 Å². The number of hydrogen-bond acceptors (Lipinski definition) is 3. The van der Waals surface area contributed by atoms with Crippen LogP contribution in [-0.4, -0.2) is 34.9 Å². The second kappa shape index (κ2) is 6.01. The van der Waals surface area contributed by atoms with Crippen molar-refractivity contribution in [1.82, 2.24) is 15.1 Å². The minimum atomic E-state index is -0.00694. The van der Waals surface area contributed by atoms with Crippen LogP contribution in [0.25, 0.3) is 0 Å². The van der Waals surface area contributed by atoms with Crippen LogP contribution in [0.4, 0.5) is 0 Å². The summed E-state index contributed by atoms with van der Waals surface area (Å²) in [5, 5.41) is 7.25. The Balaban J connectivity index is 1.84. The molecule has 0 aliphatic carbocycles. The van der Waals surface area contributed by atoms with E-state index in [1.165, 1.54) is 0 Å². The zero-order valence-electron chi connectivity index (χ0n) is 10.7. The fourth-order valence-electron chi connectivity index (χ4n) is 2.05. The lowest BCUT2D eigenvalue weighted by Crippen LogP contribution is -2.34. The minimum absolute atomic E-state index is 0.00694. The van der Waals surface area contributed by atoms with E-state index >= 15 is 0 Å². The summed E-state index contributed by atoms with van der Waals surface area (Å²) in [5.74, 6) is -0.00694. The molecule has 1 amide bonds. The van der Waals surface area contributed by atoms with Gasteiger partial charge in [-0.2, -0.15) is 5.10 Å². The lowest BCUT2D eigenvalue weighted by Gasteiger charge is -2.11. The Morgan fingerprint density at radius 3 is 2.94 bits per heavy atom. The van der Waals surface area contributed by atoms with E-state index in [1.807, 2.05) is 13.8 Å². The summed E-state index contributed by atoms with van der Waals surface area (Å²) in [5.41, 5.74) is 2.01. The number of ether oxygens (including phenoxy) is 1. The second-order valence-corrected chi connectivity index (χ2v) is 5.66. The van der Waals surface area contributed by atoms with Gasteiger partial charge in [0.1, 0.15) is 6.54 Å². The number of aryl methyl sites for hydroxylation is 1. The number of aromatic nitrogens is 2. The molecule has 0 radical (unpaired) electrons. The summed E-state index contributed by atoms with van der Waals surface area (Å²) in [7, 11) is 0. The molecule has 1 aromatic heterocycles. The summed E-state index contributed by atoms with van der Waals surface area (Å²) in [6.45, 7) is 5.64. The molecule has 0 unspecified atom stereocenters. The first kappa shape index (κ1) is 13.8. The number of rotatable bonds is 4. The van der Waals surface area contributed by atoms with Crippen molar-refractivity contribution in [3.05, 3.63) is 15.0 Å². The topological polar surface area (TPSA) is 56.2 Å². The highest BCUT2D eigenvalue weighted by Gasteiger charge is 2.17. The number of nitrogens with zero attached hydrogens (tertiary/aromatic N) is 2. The van der Waals surface area contributed by atoms with Gasteiger partial charge in [0.05, 0.1) is 15.4 Å². The molecule has 6 heteroatoms. The van der Waals surface area contributed by atoms with Gasteiger partial charge in [-0.05, 0) is 49.3 Å². The average molecular weight is 363 g/mol. The Kier molecular flexibility index (Phi) is 4.60. The molecule has 1 aromatic rings. The number of amides is 1. The zero-order chi connectivity index (χ0) is 13.1. The van der Waals surface area contributed by atoms with Gasteiger partial charge in [-0.3, -0.25) is 9.48 Å². The average Bonchev–Trinajstić information content (AvgIpc) is 2.93. The smallest absolute Gasteiger partial charge is 0.241 e. The van der Waals surface area contributed by atoms with Crippen molar-refractivity contribution in [3.63, 3.8) is 0 Å². The highest BCUT2D eigenvalue weighted by molar-refractivity contribution is 14.1. The van der Waals surface area contributed by atoms with E-state index in [1.54, 1.807) is 4.68 Å². The SMILES string of the molecule is Cc1nn(CC(=O)NC[C@H]2CCCO2)c(C)c1I. The van der Waals surface area contributed by atoms with Crippen LogP contribution in [0.1, 0.15) is 24.2 Å². The van der Waals surface area contributed by atoms with Crippen molar-refractivity contribution >= 4 is 28.5 Å². The highest BCUT2D eigenvalue weighted by atomic mass is 127. The third-order valence-electron chi connectivity index (χ3n) is 3.14. The van der Waals surface area contributed by atoms with E-state index in [-0.39, 0.29) is 18.6 Å². The molecule has 1 aliphatic rings. The van der Waals surface area contributed by atoms with Crippen molar-refractivity contribution in [2.75, 3.05) is 13.2 Å². The molecule has 1 saturated heterocycles. The van der Waals surface area contributed by atoms with Crippen LogP contribution in [-0.2, 0) is 16.1 Å². The molecule has 0 spiro atoms. The Bertz CT molecular complexity index is 439. The summed E-state index contributed by atoms with van der Waals surface area (Å²) < 4.78 is 8.34. The van der Waals surface area contributed by atoms with Crippen LogP contribution in [0.3, 0.4) is 0 Å². The summed E-state index contributed by atoms with van der Waals surface area (Å²) in [6.07, 6.45) is 2.32. The van der Waals surface area contributed by atoms with Gasteiger partial charge in [0.15, 0.2) is 0 Å². The lowest BCUT2D eigenvalue weighted by atomic mass is 10.2. The van der Waals surface area contributed by atoms with Gasteiger partial charge in [0.25, 0.3) is 0 Å². The standard InChI is InChI=1S/C12H18IN3O2/c1-8-12(13)9(2)16(15-8)7-11(17)14-6-10-4-3-5-18-10/h10H,3-7H2,1-2H3,(H,14,17)/t10-/m1/s1. The van der Waals surface area contributed by atoms with Gasteiger partial charge in [-0.1, -0.05) is 0 Å². The Morgan fingerprint density at radius 2 is 2.39 bits per heavy atom. The van der Waals surface area contributed by atoms with E-state index in [0.29, 0.717) is 6.54 Å². The first-order valence-electron chi connectivity index (χ1n) is 6.15. The maximum atomic E-state index is 11.8. The molecule has 1 fully saturated rings. The number of hydrogen-bond donors (Lipinski definition) is 1. The van der Waals surface area contributed by atoms with Gasteiger partial charge < -0.3 is 10.1 Å². The van der Waals surface area contributed by atoms with Gasteiger partial charge >= 0.3 is 0 Å². The fraction of sp³-hybridized carbons (Fsp3) is 0.667. The molecule has 1 atom stereocenters. The molecule has 1 N–H and O–H groups in total. The molecule has 1 aliphatic heterocycles. The van der Waals surface area contributed by atoms with E-state index in [2.05, 4.69) is 33.0 Å². The molecular formula is C12H18IN3O2. The lowest BCUT2D eigenvalue weighted by molar-refractivity contribution is -0.122. The summed E-state index contributed by atoms with van der Waals surface area (Å²) in [4.78, 5) is 11.8. The van der Waals surface area contributed by atoms with Crippen molar-refractivity contribution in [1.29, 1.82) is 0 Å². The van der Waals surface area contributed by atoms with E-state index < -0.39 is 0 Å². The Labute approximate surface area is 120 Å². The van der Waals surface area contributed by atoms with Crippen LogP contribution in [0.5, 0.6) is 0 Å². The molecule has 0 bridgehead atoms. The van der Waals surface area contributed by atoms with Crippen LogP contribution in [0.2, 0.25) is 0 Å². The van der Waals surface area contributed by atoms with Crippen molar-refractivity contribution in [2.24, 2.45) is 0 Å². The fourth-order valence-corrected chi connectivity index (χ4v) is 2.44. The normalized spacial score (nSPS) is 19.2. The number of carbonyl (C=O) groups is 1. The van der Waals surface area contributed by atoms with E-state index in [0.717, 1.165) is 34.4 Å². The third-order valence-corrected chi connectivity index (χ3v) is 4.70. The highest BCUT2D eigenvalue weighted by Crippen LogP contribution is 2.15. The van der Waals surface area contributed by atoms with Crippen molar-refractivity contribution in [2.45, 2.75) is 39.3 Å². The number of halogens is 1. The quantitative estimate of drug-likeness (QED) is 0.823. The number of carbonyl (C=O) groups excluding carboxylic acids is 1. The molecular weight excluding hydrogens is 345 g/mol. The molecule has 0 aromatic carbocycles.